The van der Waals surface area contributed by atoms with E-state index in [0.29, 0.717) is 13.0 Å². The highest BCUT2D eigenvalue weighted by atomic mass is 16.2. The molecule has 0 aliphatic carbocycles. The average molecular weight is 305 g/mol. The monoisotopic (exact) mass is 305 g/mol. The second kappa shape index (κ2) is 5.23. The van der Waals surface area contributed by atoms with Gasteiger partial charge in [-0.1, -0.05) is 23.8 Å². The molecular formula is C19H19N3O. The molecule has 3 aromatic rings. The van der Waals surface area contributed by atoms with Crippen LogP contribution in [0.1, 0.15) is 29.3 Å². The van der Waals surface area contributed by atoms with Gasteiger partial charge in [0.05, 0.1) is 11.0 Å². The fraction of sp³-hybridized carbons (Fsp3) is 0.263. The van der Waals surface area contributed by atoms with Crippen molar-refractivity contribution in [2.45, 2.75) is 26.2 Å². The summed E-state index contributed by atoms with van der Waals surface area (Å²) in [6.07, 6.45) is 0.507. The minimum Gasteiger partial charge on any atom is -0.342 e. The summed E-state index contributed by atoms with van der Waals surface area (Å²) in [6, 6.07) is 14.3. The van der Waals surface area contributed by atoms with Crippen molar-refractivity contribution in [3.05, 3.63) is 59.4 Å². The molecule has 1 N–H and O–H groups in total. The van der Waals surface area contributed by atoms with Crippen LogP contribution in [0.4, 0.5) is 5.69 Å². The number of nitrogens with one attached hydrogen (secondary N) is 1. The smallest absolute Gasteiger partial charge is 0.227 e. The van der Waals surface area contributed by atoms with E-state index in [0.717, 1.165) is 22.5 Å². The molecule has 1 atom stereocenters. The van der Waals surface area contributed by atoms with E-state index in [4.69, 9.17) is 0 Å². The number of rotatable bonds is 2. The van der Waals surface area contributed by atoms with Crippen molar-refractivity contribution < 1.29 is 4.79 Å². The van der Waals surface area contributed by atoms with Crippen LogP contribution in [0.5, 0.6) is 0 Å². The Kier molecular flexibility index (Phi) is 3.18. The van der Waals surface area contributed by atoms with E-state index in [1.54, 1.807) is 0 Å². The Morgan fingerprint density at radius 2 is 1.83 bits per heavy atom. The number of amides is 1. The van der Waals surface area contributed by atoms with Crippen molar-refractivity contribution in [3.8, 4) is 0 Å². The zero-order chi connectivity index (χ0) is 16.0. The van der Waals surface area contributed by atoms with Crippen molar-refractivity contribution in [3.63, 3.8) is 0 Å². The van der Waals surface area contributed by atoms with Crippen LogP contribution in [0.3, 0.4) is 0 Å². The topological polar surface area (TPSA) is 49.0 Å². The number of aryl methyl sites for hydroxylation is 2. The predicted molar refractivity (Wildman–Crippen MR) is 91.7 cm³/mol. The molecular weight excluding hydrogens is 286 g/mol. The summed E-state index contributed by atoms with van der Waals surface area (Å²) in [5.41, 5.74) is 5.38. The molecule has 0 unspecified atom stereocenters. The molecule has 4 rings (SSSR count). The molecule has 0 radical (unpaired) electrons. The van der Waals surface area contributed by atoms with E-state index in [1.807, 2.05) is 35.2 Å². The Hall–Kier alpha value is -2.62. The molecule has 1 aromatic heterocycles. The van der Waals surface area contributed by atoms with Gasteiger partial charge < -0.3 is 9.88 Å². The summed E-state index contributed by atoms with van der Waals surface area (Å²) in [5.74, 6) is 1.19. The fourth-order valence-corrected chi connectivity index (χ4v) is 3.20. The maximum atomic E-state index is 12.4. The first-order valence-electron chi connectivity index (χ1n) is 7.93. The van der Waals surface area contributed by atoms with Crippen LogP contribution in [0, 0.1) is 13.8 Å². The number of imidazole rings is 1. The Morgan fingerprint density at radius 3 is 2.61 bits per heavy atom. The Bertz CT molecular complexity index is 879. The minimum atomic E-state index is 0.122. The number of aromatic nitrogens is 2. The normalized spacial score (nSPS) is 18.1. The first kappa shape index (κ1) is 14.0. The number of carbonyl (C=O) groups is 1. The van der Waals surface area contributed by atoms with Crippen LogP contribution in [-0.4, -0.2) is 22.4 Å². The molecule has 2 aromatic carbocycles. The van der Waals surface area contributed by atoms with Gasteiger partial charge in [0.1, 0.15) is 5.82 Å². The summed E-state index contributed by atoms with van der Waals surface area (Å²) in [7, 11) is 0. The van der Waals surface area contributed by atoms with Crippen molar-refractivity contribution in [1.29, 1.82) is 0 Å². The first-order chi connectivity index (χ1) is 11.1. The van der Waals surface area contributed by atoms with Gasteiger partial charge in [-0.25, -0.2) is 4.98 Å². The first-order valence-corrected chi connectivity index (χ1v) is 7.93. The van der Waals surface area contributed by atoms with E-state index in [2.05, 4.69) is 35.9 Å². The molecule has 4 nitrogen and oxygen atoms in total. The molecule has 1 aliphatic rings. The fourth-order valence-electron chi connectivity index (χ4n) is 3.20. The number of aromatic amines is 1. The lowest BCUT2D eigenvalue weighted by molar-refractivity contribution is -0.117. The quantitative estimate of drug-likeness (QED) is 0.785. The molecule has 1 fully saturated rings. The molecule has 116 valence electrons. The Morgan fingerprint density at radius 1 is 1.09 bits per heavy atom. The lowest BCUT2D eigenvalue weighted by atomic mass is 10.1. The van der Waals surface area contributed by atoms with Crippen molar-refractivity contribution in [1.82, 2.24) is 9.97 Å². The van der Waals surface area contributed by atoms with E-state index in [1.165, 1.54) is 11.1 Å². The van der Waals surface area contributed by atoms with Gasteiger partial charge in [-0.2, -0.15) is 0 Å². The Labute approximate surface area is 135 Å². The standard InChI is InChI=1S/C19H19N3O/c1-12-3-6-15(7-4-12)22-11-14(10-18(22)23)19-20-16-8-5-13(2)9-17(16)21-19/h3-9,14H,10-11H2,1-2H3,(H,20,21)/t14-/m0/s1. The largest absolute Gasteiger partial charge is 0.342 e. The maximum absolute atomic E-state index is 12.4. The van der Waals surface area contributed by atoms with Gasteiger partial charge in [-0.3, -0.25) is 4.79 Å². The number of benzene rings is 2. The lowest BCUT2D eigenvalue weighted by Crippen LogP contribution is -2.24. The van der Waals surface area contributed by atoms with Gasteiger partial charge in [-0.15, -0.1) is 0 Å². The zero-order valence-electron chi connectivity index (χ0n) is 13.3. The Balaban J connectivity index is 1.62. The van der Waals surface area contributed by atoms with Crippen LogP contribution in [-0.2, 0) is 4.79 Å². The van der Waals surface area contributed by atoms with Gasteiger partial charge in [0, 0.05) is 24.6 Å². The average Bonchev–Trinajstić information content (AvgIpc) is 3.11. The third-order valence-electron chi connectivity index (χ3n) is 4.51. The second-order valence-electron chi connectivity index (χ2n) is 6.38. The molecule has 0 spiro atoms. The second-order valence-corrected chi connectivity index (χ2v) is 6.38. The summed E-state index contributed by atoms with van der Waals surface area (Å²) < 4.78 is 0. The molecule has 2 heterocycles. The van der Waals surface area contributed by atoms with Crippen LogP contribution in [0.25, 0.3) is 11.0 Å². The van der Waals surface area contributed by atoms with Crippen molar-refractivity contribution in [2.24, 2.45) is 0 Å². The highest BCUT2D eigenvalue weighted by Crippen LogP contribution is 2.31. The number of fused-ring (bicyclic) bond motifs is 1. The van der Waals surface area contributed by atoms with Gasteiger partial charge in [0.2, 0.25) is 5.91 Å². The van der Waals surface area contributed by atoms with Gasteiger partial charge in [0.15, 0.2) is 0 Å². The third kappa shape index (κ3) is 2.50. The van der Waals surface area contributed by atoms with Crippen LogP contribution >= 0.6 is 0 Å². The predicted octanol–water partition coefficient (Wildman–Crippen LogP) is 3.70. The molecule has 4 heteroatoms. The van der Waals surface area contributed by atoms with Gasteiger partial charge in [-0.05, 0) is 43.7 Å². The van der Waals surface area contributed by atoms with Gasteiger partial charge in [0.25, 0.3) is 0 Å². The molecule has 1 aliphatic heterocycles. The highest BCUT2D eigenvalue weighted by molar-refractivity contribution is 5.96. The summed E-state index contributed by atoms with van der Waals surface area (Å²) in [4.78, 5) is 22.3. The lowest BCUT2D eigenvalue weighted by Gasteiger charge is -2.16. The summed E-state index contributed by atoms with van der Waals surface area (Å²) >= 11 is 0. The third-order valence-corrected chi connectivity index (χ3v) is 4.51. The van der Waals surface area contributed by atoms with Crippen LogP contribution in [0.2, 0.25) is 0 Å². The number of anilines is 1. The summed E-state index contributed by atoms with van der Waals surface area (Å²) in [5, 5.41) is 0. The van der Waals surface area contributed by atoms with E-state index in [-0.39, 0.29) is 11.8 Å². The van der Waals surface area contributed by atoms with Crippen molar-refractivity contribution in [2.75, 3.05) is 11.4 Å². The van der Waals surface area contributed by atoms with E-state index >= 15 is 0 Å². The summed E-state index contributed by atoms with van der Waals surface area (Å²) in [6.45, 7) is 4.80. The number of hydrogen-bond donors (Lipinski definition) is 1. The minimum absolute atomic E-state index is 0.122. The van der Waals surface area contributed by atoms with Crippen molar-refractivity contribution >= 4 is 22.6 Å². The molecule has 1 saturated heterocycles. The number of hydrogen-bond acceptors (Lipinski definition) is 2. The number of carbonyl (C=O) groups excluding carboxylic acids is 1. The zero-order valence-corrected chi connectivity index (χ0v) is 13.3. The van der Waals surface area contributed by atoms with Crippen LogP contribution in [0.15, 0.2) is 42.5 Å². The SMILES string of the molecule is Cc1ccc(N2C[C@@H](c3nc4ccc(C)cc4[nH]3)CC2=O)cc1. The van der Waals surface area contributed by atoms with Gasteiger partial charge >= 0.3 is 0 Å². The molecule has 23 heavy (non-hydrogen) atoms. The molecule has 1 amide bonds. The van der Waals surface area contributed by atoms with Crippen LogP contribution < -0.4 is 4.90 Å². The number of nitrogens with zero attached hydrogens (tertiary/aromatic N) is 2. The maximum Gasteiger partial charge on any atom is 0.227 e. The van der Waals surface area contributed by atoms with E-state index in [9.17, 15) is 4.79 Å². The molecule has 0 bridgehead atoms. The molecule has 0 saturated carbocycles. The number of H-pyrrole nitrogens is 1. The van der Waals surface area contributed by atoms with E-state index < -0.39 is 0 Å². The highest BCUT2D eigenvalue weighted by Gasteiger charge is 2.33.